The second-order valence-electron chi connectivity index (χ2n) is 2.83. The smallest absolute Gasteiger partial charge is 0.317 e. The molecular formula is C9H8BrNO4. The van der Waals surface area contributed by atoms with Crippen LogP contribution in [-0.2, 0) is 15.0 Å². The van der Waals surface area contributed by atoms with E-state index in [1.165, 1.54) is 6.07 Å². The first-order valence-electron chi connectivity index (χ1n) is 4.19. The van der Waals surface area contributed by atoms with E-state index in [9.17, 15) is 14.9 Å². The van der Waals surface area contributed by atoms with E-state index in [0.717, 1.165) is 0 Å². The number of aryl methyl sites for hydroxylation is 1. The maximum atomic E-state index is 10.8. The number of nitro groups is 1. The van der Waals surface area contributed by atoms with E-state index >= 15 is 0 Å². The van der Waals surface area contributed by atoms with Crippen molar-refractivity contribution in [2.24, 2.45) is 0 Å². The molecule has 80 valence electrons. The zero-order valence-electron chi connectivity index (χ0n) is 7.68. The van der Waals surface area contributed by atoms with E-state index in [0.29, 0.717) is 12.0 Å². The van der Waals surface area contributed by atoms with Gasteiger partial charge >= 0.3 is 5.97 Å². The predicted molar refractivity (Wildman–Crippen MR) is 56.4 cm³/mol. The molecule has 0 aliphatic heterocycles. The molecule has 1 aromatic carbocycles. The summed E-state index contributed by atoms with van der Waals surface area (Å²) in [6.07, 6.45) is 0.400. The van der Waals surface area contributed by atoms with Gasteiger partial charge < -0.3 is 3.83 Å². The molecule has 5 nitrogen and oxygen atoms in total. The van der Waals surface area contributed by atoms with Gasteiger partial charge in [-0.05, 0) is 6.42 Å². The van der Waals surface area contributed by atoms with Gasteiger partial charge in [0.2, 0.25) is 0 Å². The SMILES string of the molecule is O=C(CCc1ccccc1[N+](=O)[O-])OBr. The molecule has 0 saturated carbocycles. The monoisotopic (exact) mass is 273 g/mol. The Morgan fingerprint density at radius 2 is 2.13 bits per heavy atom. The van der Waals surface area contributed by atoms with Gasteiger partial charge in [0.25, 0.3) is 5.69 Å². The number of nitro benzene ring substituents is 1. The Balaban J connectivity index is 2.76. The Labute approximate surface area is 94.6 Å². The molecule has 0 fully saturated rings. The van der Waals surface area contributed by atoms with Gasteiger partial charge in [0.1, 0.15) is 0 Å². The average molecular weight is 274 g/mol. The fourth-order valence-electron chi connectivity index (χ4n) is 1.18. The third-order valence-electron chi connectivity index (χ3n) is 1.87. The fraction of sp³-hybridized carbons (Fsp3) is 0.222. The van der Waals surface area contributed by atoms with Crippen LogP contribution >= 0.6 is 16.3 Å². The molecule has 0 heterocycles. The van der Waals surface area contributed by atoms with Crippen molar-refractivity contribution in [1.29, 1.82) is 0 Å². The summed E-state index contributed by atoms with van der Waals surface area (Å²) in [5.41, 5.74) is 0.556. The molecule has 0 unspecified atom stereocenters. The van der Waals surface area contributed by atoms with Crippen molar-refractivity contribution in [3.8, 4) is 0 Å². The lowest BCUT2D eigenvalue weighted by molar-refractivity contribution is -0.385. The Hall–Kier alpha value is -1.43. The van der Waals surface area contributed by atoms with Gasteiger partial charge in [-0.3, -0.25) is 14.9 Å². The summed E-state index contributed by atoms with van der Waals surface area (Å²) in [6, 6.07) is 6.32. The summed E-state index contributed by atoms with van der Waals surface area (Å²) in [5, 5.41) is 10.6. The Morgan fingerprint density at radius 1 is 1.47 bits per heavy atom. The van der Waals surface area contributed by atoms with Crippen molar-refractivity contribution < 1.29 is 13.5 Å². The Bertz CT molecular complexity index is 380. The summed E-state index contributed by atoms with van der Waals surface area (Å²) >= 11 is 2.55. The largest absolute Gasteiger partial charge is 0.384 e. The van der Waals surface area contributed by atoms with Crippen molar-refractivity contribution in [3.05, 3.63) is 39.9 Å². The van der Waals surface area contributed by atoms with Crippen LogP contribution in [0.3, 0.4) is 0 Å². The van der Waals surface area contributed by atoms with Crippen molar-refractivity contribution in [3.63, 3.8) is 0 Å². The Morgan fingerprint density at radius 3 is 2.73 bits per heavy atom. The van der Waals surface area contributed by atoms with Crippen LogP contribution in [0.5, 0.6) is 0 Å². The summed E-state index contributed by atoms with van der Waals surface area (Å²) in [5.74, 6) is -0.451. The summed E-state index contributed by atoms with van der Waals surface area (Å²) in [6.45, 7) is 0. The van der Waals surface area contributed by atoms with Crippen LogP contribution in [0.2, 0.25) is 0 Å². The number of rotatable bonds is 4. The van der Waals surface area contributed by atoms with Crippen LogP contribution in [0.1, 0.15) is 12.0 Å². The summed E-state index contributed by atoms with van der Waals surface area (Å²) in [7, 11) is 0. The number of hydrogen-bond acceptors (Lipinski definition) is 4. The number of hydrogen-bond donors (Lipinski definition) is 0. The highest BCUT2D eigenvalue weighted by atomic mass is 79.9. The van der Waals surface area contributed by atoms with Crippen LogP contribution < -0.4 is 0 Å². The van der Waals surface area contributed by atoms with E-state index in [1.807, 2.05) is 0 Å². The van der Waals surface area contributed by atoms with E-state index in [2.05, 4.69) is 20.1 Å². The van der Waals surface area contributed by atoms with Crippen LogP contribution in [0.25, 0.3) is 0 Å². The number of carbonyl (C=O) groups is 1. The molecule has 0 aromatic heterocycles. The second-order valence-corrected chi connectivity index (χ2v) is 3.16. The molecule has 6 heteroatoms. The van der Waals surface area contributed by atoms with Gasteiger partial charge in [-0.2, -0.15) is 0 Å². The van der Waals surface area contributed by atoms with E-state index < -0.39 is 10.9 Å². The molecular weight excluding hydrogens is 266 g/mol. The first-order chi connectivity index (χ1) is 7.15. The van der Waals surface area contributed by atoms with Crippen molar-refractivity contribution in [1.82, 2.24) is 0 Å². The van der Waals surface area contributed by atoms with Gasteiger partial charge in [-0.25, -0.2) is 0 Å². The highest BCUT2D eigenvalue weighted by Crippen LogP contribution is 2.19. The number of benzene rings is 1. The Kier molecular flexibility index (Phi) is 4.23. The lowest BCUT2D eigenvalue weighted by atomic mass is 10.1. The molecule has 0 radical (unpaired) electrons. The zero-order valence-corrected chi connectivity index (χ0v) is 9.27. The van der Waals surface area contributed by atoms with E-state index in [-0.39, 0.29) is 12.1 Å². The molecule has 0 aliphatic rings. The first kappa shape index (κ1) is 11.6. The van der Waals surface area contributed by atoms with Crippen LogP contribution in [0.4, 0.5) is 5.69 Å². The third-order valence-corrected chi connectivity index (χ3v) is 2.23. The number of para-hydroxylation sites is 1. The minimum absolute atomic E-state index is 0.0277. The summed E-state index contributed by atoms with van der Waals surface area (Å²) < 4.78 is 4.28. The topological polar surface area (TPSA) is 69.4 Å². The van der Waals surface area contributed by atoms with Gasteiger partial charge in [-0.15, -0.1) is 0 Å². The molecule has 0 bridgehead atoms. The second kappa shape index (κ2) is 5.45. The van der Waals surface area contributed by atoms with Crippen molar-refractivity contribution in [2.75, 3.05) is 0 Å². The van der Waals surface area contributed by atoms with Crippen LogP contribution in [0.15, 0.2) is 24.3 Å². The van der Waals surface area contributed by atoms with Crippen LogP contribution in [0, 0.1) is 10.1 Å². The molecule has 1 rings (SSSR count). The molecule has 15 heavy (non-hydrogen) atoms. The third kappa shape index (κ3) is 3.32. The number of carbonyl (C=O) groups excluding carboxylic acids is 1. The quantitative estimate of drug-likeness (QED) is 0.624. The molecule has 1 aromatic rings. The molecule has 0 spiro atoms. The predicted octanol–water partition coefficient (Wildman–Crippen LogP) is 2.38. The standard InChI is InChI=1S/C9H8BrNO4/c10-15-9(12)6-5-7-3-1-2-4-8(7)11(13)14/h1-4H,5-6H2. The fourth-order valence-corrected chi connectivity index (χ4v) is 1.34. The number of halogens is 1. The average Bonchev–Trinajstić information content (AvgIpc) is 2.26. The lowest BCUT2D eigenvalue weighted by Crippen LogP contribution is -2.01. The minimum atomic E-state index is -0.463. The van der Waals surface area contributed by atoms with E-state index in [1.54, 1.807) is 18.2 Å². The normalized spacial score (nSPS) is 9.67. The van der Waals surface area contributed by atoms with Crippen LogP contribution in [-0.4, -0.2) is 10.9 Å². The van der Waals surface area contributed by atoms with Gasteiger partial charge in [0, 0.05) is 11.6 Å². The molecule has 0 N–H and O–H groups in total. The van der Waals surface area contributed by atoms with Gasteiger partial charge in [0.05, 0.1) is 11.3 Å². The maximum absolute atomic E-state index is 10.8. The first-order valence-corrected chi connectivity index (χ1v) is 4.83. The van der Waals surface area contributed by atoms with Crippen molar-refractivity contribution >= 4 is 27.9 Å². The zero-order chi connectivity index (χ0) is 11.3. The van der Waals surface area contributed by atoms with Gasteiger partial charge in [0.15, 0.2) is 16.3 Å². The molecule has 0 amide bonds. The van der Waals surface area contributed by atoms with Crippen molar-refractivity contribution in [2.45, 2.75) is 12.8 Å². The molecule has 0 atom stereocenters. The number of nitrogens with zero attached hydrogens (tertiary/aromatic N) is 1. The van der Waals surface area contributed by atoms with E-state index in [4.69, 9.17) is 0 Å². The van der Waals surface area contributed by atoms with Gasteiger partial charge in [-0.1, -0.05) is 18.2 Å². The molecule has 0 saturated heterocycles. The highest BCUT2D eigenvalue weighted by molar-refractivity contribution is 9.06. The minimum Gasteiger partial charge on any atom is -0.384 e. The summed E-state index contributed by atoms with van der Waals surface area (Å²) in [4.78, 5) is 21.0. The molecule has 0 aliphatic carbocycles. The maximum Gasteiger partial charge on any atom is 0.317 e. The lowest BCUT2D eigenvalue weighted by Gasteiger charge is -2.00. The highest BCUT2D eigenvalue weighted by Gasteiger charge is 2.13.